The molecule has 0 radical (unpaired) electrons. The summed E-state index contributed by atoms with van der Waals surface area (Å²) in [6.45, 7) is 0. The molecule has 0 aliphatic heterocycles. The van der Waals surface area contributed by atoms with E-state index in [1.54, 1.807) is 11.8 Å². The summed E-state index contributed by atoms with van der Waals surface area (Å²) in [6.07, 6.45) is 2.48. The Hall–Kier alpha value is -0.260. The molecule has 0 aromatic rings. The van der Waals surface area contributed by atoms with E-state index in [9.17, 15) is 4.79 Å². The maximum absolute atomic E-state index is 10.1. The van der Waals surface area contributed by atoms with Gasteiger partial charge in [0.1, 0.15) is 6.04 Å². The first-order valence-electron chi connectivity index (χ1n) is 2.65. The average molecular weight is 167 g/mol. The summed E-state index contributed by atoms with van der Waals surface area (Å²) in [6, 6.07) is -0.683. The molecule has 0 amide bonds. The van der Waals surface area contributed by atoms with Gasteiger partial charge in [0.05, 0.1) is 0 Å². The number of carboxylic acids is 1. The second-order valence-corrected chi connectivity index (χ2v) is 2.71. The molecular weight excluding hydrogens is 154 g/mol. The standard InChI is InChI=1S/C5H11NO2S.H2O/c1-9-3-2-4(6)5(7)8;/h4H,2-3,6H2,1H3,(H,7,8);1H2/t4-;/m0./s1. The van der Waals surface area contributed by atoms with Gasteiger partial charge in [-0.2, -0.15) is 11.8 Å². The lowest BCUT2D eigenvalue weighted by atomic mass is 10.2. The highest BCUT2D eigenvalue weighted by molar-refractivity contribution is 7.98. The first-order valence-corrected chi connectivity index (χ1v) is 4.05. The van der Waals surface area contributed by atoms with E-state index in [0.717, 1.165) is 5.75 Å². The van der Waals surface area contributed by atoms with Gasteiger partial charge in [-0.05, 0) is 18.4 Å². The van der Waals surface area contributed by atoms with Crippen molar-refractivity contribution in [3.05, 3.63) is 0 Å². The van der Waals surface area contributed by atoms with Crippen LogP contribution < -0.4 is 5.73 Å². The minimum absolute atomic E-state index is 0. The van der Waals surface area contributed by atoms with Crippen molar-refractivity contribution in [3.63, 3.8) is 0 Å². The predicted molar refractivity (Wildman–Crippen MR) is 42.2 cm³/mol. The Balaban J connectivity index is 0. The monoisotopic (exact) mass is 167 g/mol. The Kier molecular flexibility index (Phi) is 8.51. The van der Waals surface area contributed by atoms with E-state index >= 15 is 0 Å². The highest BCUT2D eigenvalue weighted by atomic mass is 32.2. The second-order valence-electron chi connectivity index (χ2n) is 1.73. The summed E-state index contributed by atoms with van der Waals surface area (Å²) in [5.41, 5.74) is 5.19. The predicted octanol–water partition coefficient (Wildman–Crippen LogP) is -0.673. The van der Waals surface area contributed by atoms with Crippen molar-refractivity contribution >= 4 is 17.7 Å². The van der Waals surface area contributed by atoms with Crippen molar-refractivity contribution in [2.45, 2.75) is 12.5 Å². The lowest BCUT2D eigenvalue weighted by Gasteiger charge is -2.02. The van der Waals surface area contributed by atoms with Crippen LogP contribution in [0.4, 0.5) is 0 Å². The normalized spacial score (nSPS) is 11.8. The van der Waals surface area contributed by atoms with Gasteiger partial charge in [0.2, 0.25) is 0 Å². The number of nitrogens with two attached hydrogens (primary N) is 1. The maximum Gasteiger partial charge on any atom is 0.320 e. The third-order valence-electron chi connectivity index (χ3n) is 0.950. The Labute approximate surface area is 64.1 Å². The Morgan fingerprint density at radius 3 is 2.60 bits per heavy atom. The van der Waals surface area contributed by atoms with E-state index in [4.69, 9.17) is 10.8 Å². The molecule has 4 nitrogen and oxygen atoms in total. The number of thioether (sulfide) groups is 1. The minimum Gasteiger partial charge on any atom is -0.480 e. The van der Waals surface area contributed by atoms with Crippen LogP contribution in [0.15, 0.2) is 0 Å². The number of hydrogen-bond acceptors (Lipinski definition) is 3. The van der Waals surface area contributed by atoms with Gasteiger partial charge in [0, 0.05) is 0 Å². The van der Waals surface area contributed by atoms with Crippen LogP contribution >= 0.6 is 11.8 Å². The van der Waals surface area contributed by atoms with Gasteiger partial charge in [-0.15, -0.1) is 0 Å². The van der Waals surface area contributed by atoms with Crippen molar-refractivity contribution in [1.29, 1.82) is 0 Å². The first kappa shape index (κ1) is 12.4. The van der Waals surface area contributed by atoms with Crippen LogP contribution in [-0.2, 0) is 4.79 Å². The lowest BCUT2D eigenvalue weighted by molar-refractivity contribution is -0.138. The fraction of sp³-hybridized carbons (Fsp3) is 0.800. The molecule has 62 valence electrons. The van der Waals surface area contributed by atoms with E-state index < -0.39 is 12.0 Å². The van der Waals surface area contributed by atoms with Crippen molar-refractivity contribution in [2.24, 2.45) is 5.73 Å². The molecule has 0 aromatic carbocycles. The third-order valence-corrected chi connectivity index (χ3v) is 1.59. The van der Waals surface area contributed by atoms with Crippen LogP contribution in [0.2, 0.25) is 0 Å². The fourth-order valence-electron chi connectivity index (χ4n) is 0.368. The average Bonchev–Trinajstić information content (AvgIpc) is 1.82. The molecule has 5 N–H and O–H groups in total. The zero-order valence-corrected chi connectivity index (χ0v) is 6.65. The number of hydrogen-bond donors (Lipinski definition) is 2. The smallest absolute Gasteiger partial charge is 0.320 e. The van der Waals surface area contributed by atoms with Crippen LogP contribution in [0.5, 0.6) is 0 Å². The zero-order chi connectivity index (χ0) is 7.28. The quantitative estimate of drug-likeness (QED) is 0.580. The largest absolute Gasteiger partial charge is 0.480 e. The van der Waals surface area contributed by atoms with Crippen LogP contribution in [0.1, 0.15) is 6.42 Å². The summed E-state index contributed by atoms with van der Waals surface area (Å²) in [4.78, 5) is 10.1. The van der Waals surface area contributed by atoms with Gasteiger partial charge in [-0.1, -0.05) is 0 Å². The van der Waals surface area contributed by atoms with Gasteiger partial charge in [0.25, 0.3) is 0 Å². The molecule has 0 aromatic heterocycles. The van der Waals surface area contributed by atoms with Crippen molar-refractivity contribution in [2.75, 3.05) is 12.0 Å². The highest BCUT2D eigenvalue weighted by Crippen LogP contribution is 1.97. The summed E-state index contributed by atoms with van der Waals surface area (Å²) < 4.78 is 0. The molecule has 0 saturated heterocycles. The minimum atomic E-state index is -0.913. The van der Waals surface area contributed by atoms with Crippen LogP contribution in [0.3, 0.4) is 0 Å². The number of rotatable bonds is 4. The van der Waals surface area contributed by atoms with E-state index in [1.807, 2.05) is 6.26 Å². The summed E-state index contributed by atoms with van der Waals surface area (Å²) in [7, 11) is 0. The molecule has 0 spiro atoms. The molecule has 0 heterocycles. The third kappa shape index (κ3) is 5.87. The highest BCUT2D eigenvalue weighted by Gasteiger charge is 2.08. The van der Waals surface area contributed by atoms with Gasteiger partial charge < -0.3 is 16.3 Å². The summed E-state index contributed by atoms with van der Waals surface area (Å²) in [5, 5.41) is 8.27. The van der Waals surface area contributed by atoms with Gasteiger partial charge in [-0.25, -0.2) is 0 Å². The first-order chi connectivity index (χ1) is 4.18. The van der Waals surface area contributed by atoms with E-state index in [1.165, 1.54) is 0 Å². The fourth-order valence-corrected chi connectivity index (χ4v) is 0.858. The molecule has 0 aliphatic carbocycles. The molecular formula is C5H13NO3S. The molecule has 10 heavy (non-hydrogen) atoms. The topological polar surface area (TPSA) is 94.8 Å². The van der Waals surface area contributed by atoms with E-state index in [-0.39, 0.29) is 5.48 Å². The van der Waals surface area contributed by atoms with Crippen molar-refractivity contribution < 1.29 is 15.4 Å². The van der Waals surface area contributed by atoms with Gasteiger partial charge in [-0.3, -0.25) is 4.79 Å². The Morgan fingerprint density at radius 2 is 2.30 bits per heavy atom. The molecule has 0 fully saturated rings. The molecule has 0 rings (SSSR count). The van der Waals surface area contributed by atoms with Crippen LogP contribution in [0, 0.1) is 0 Å². The van der Waals surface area contributed by atoms with E-state index in [0.29, 0.717) is 6.42 Å². The number of aliphatic carboxylic acids is 1. The molecule has 0 aliphatic rings. The van der Waals surface area contributed by atoms with Crippen LogP contribution in [-0.4, -0.2) is 34.6 Å². The lowest BCUT2D eigenvalue weighted by Crippen LogP contribution is -2.30. The molecule has 0 saturated carbocycles. The van der Waals surface area contributed by atoms with Gasteiger partial charge >= 0.3 is 5.97 Å². The molecule has 5 heteroatoms. The SMILES string of the molecule is CSCC[C@H](N)C(=O)O.O. The molecule has 1 atom stereocenters. The number of carbonyl (C=O) groups is 1. The second kappa shape index (κ2) is 6.85. The number of carboxylic acid groups (broad SMARTS) is 1. The van der Waals surface area contributed by atoms with Crippen molar-refractivity contribution in [1.82, 2.24) is 0 Å². The van der Waals surface area contributed by atoms with Crippen molar-refractivity contribution in [3.8, 4) is 0 Å². The summed E-state index contributed by atoms with van der Waals surface area (Å²) >= 11 is 1.60. The van der Waals surface area contributed by atoms with E-state index in [2.05, 4.69) is 0 Å². The zero-order valence-electron chi connectivity index (χ0n) is 5.83. The van der Waals surface area contributed by atoms with Gasteiger partial charge in [0.15, 0.2) is 0 Å². The summed E-state index contributed by atoms with van der Waals surface area (Å²) in [5.74, 6) is -0.1000. The van der Waals surface area contributed by atoms with Crippen LogP contribution in [0.25, 0.3) is 0 Å². The maximum atomic E-state index is 10.1. The Morgan fingerprint density at radius 1 is 1.80 bits per heavy atom. The molecule has 0 unspecified atom stereocenters. The Bertz CT molecular complexity index is 98.9. The molecule has 0 bridgehead atoms.